The van der Waals surface area contributed by atoms with Crippen LogP contribution >= 0.6 is 0 Å². The van der Waals surface area contributed by atoms with Crippen molar-refractivity contribution in [3.05, 3.63) is 24.3 Å². The Labute approximate surface area is 82.2 Å². The maximum absolute atomic E-state index is 9.80. The molecule has 3 heteroatoms. The summed E-state index contributed by atoms with van der Waals surface area (Å²) in [6, 6.07) is 7.29. The Bertz CT molecular complexity index is 421. The molecule has 0 atom stereocenters. The average molecular weight is 191 g/mol. The van der Waals surface area contributed by atoms with Crippen LogP contribution in [0, 0.1) is 0 Å². The Morgan fingerprint density at radius 2 is 1.57 bits per heavy atom. The fraction of sp³-hybridized carbons (Fsp3) is 0.273. The zero-order chi connectivity index (χ0) is 10.1. The van der Waals surface area contributed by atoms with Gasteiger partial charge in [0, 0.05) is 17.3 Å². The highest BCUT2D eigenvalue weighted by molar-refractivity contribution is 5.92. The quantitative estimate of drug-likeness (QED) is 0.765. The maximum Gasteiger partial charge on any atom is 0.202 e. The van der Waals surface area contributed by atoms with E-state index in [-0.39, 0.29) is 11.8 Å². The number of fused-ring (bicyclic) bond motifs is 1. The van der Waals surface area contributed by atoms with Crippen molar-refractivity contribution in [2.24, 2.45) is 0 Å². The van der Waals surface area contributed by atoms with E-state index < -0.39 is 0 Å². The van der Waals surface area contributed by atoms with E-state index in [0.717, 1.165) is 6.42 Å². The van der Waals surface area contributed by atoms with E-state index in [0.29, 0.717) is 17.3 Å². The second kappa shape index (κ2) is 3.25. The predicted molar refractivity (Wildman–Crippen MR) is 55.6 cm³/mol. The van der Waals surface area contributed by atoms with E-state index in [2.05, 4.69) is 0 Å². The van der Waals surface area contributed by atoms with E-state index >= 15 is 0 Å². The highest BCUT2D eigenvalue weighted by atomic mass is 16.3. The van der Waals surface area contributed by atoms with Gasteiger partial charge in [0.2, 0.25) is 11.8 Å². The minimum absolute atomic E-state index is 0.153. The van der Waals surface area contributed by atoms with E-state index in [1.165, 1.54) is 4.57 Å². The van der Waals surface area contributed by atoms with Crippen LogP contribution < -0.4 is 0 Å². The molecule has 3 nitrogen and oxygen atoms in total. The van der Waals surface area contributed by atoms with Gasteiger partial charge in [0.05, 0.1) is 0 Å². The summed E-state index contributed by atoms with van der Waals surface area (Å²) in [4.78, 5) is 0. The first-order chi connectivity index (χ1) is 6.75. The molecule has 1 aromatic carbocycles. The summed E-state index contributed by atoms with van der Waals surface area (Å²) in [5.74, 6) is 0.305. The monoisotopic (exact) mass is 191 g/mol. The number of nitrogens with zero attached hydrogens (tertiary/aromatic N) is 1. The molecule has 2 N–H and O–H groups in total. The number of aromatic nitrogens is 1. The summed E-state index contributed by atoms with van der Waals surface area (Å²) in [7, 11) is 0. The molecule has 0 spiro atoms. The van der Waals surface area contributed by atoms with Gasteiger partial charge in [-0.3, -0.25) is 4.57 Å². The van der Waals surface area contributed by atoms with Crippen molar-refractivity contribution in [1.82, 2.24) is 4.57 Å². The van der Waals surface area contributed by atoms with Crippen molar-refractivity contribution in [3.8, 4) is 11.8 Å². The number of aromatic hydroxyl groups is 2. The summed E-state index contributed by atoms with van der Waals surface area (Å²) in [6.45, 7) is 2.63. The minimum Gasteiger partial charge on any atom is -0.494 e. The smallest absolute Gasteiger partial charge is 0.202 e. The summed E-state index contributed by atoms with van der Waals surface area (Å²) in [6.07, 6.45) is 0.877. The lowest BCUT2D eigenvalue weighted by molar-refractivity contribution is 0.371. The number of rotatable bonds is 2. The summed E-state index contributed by atoms with van der Waals surface area (Å²) < 4.78 is 1.53. The van der Waals surface area contributed by atoms with Gasteiger partial charge in [0.25, 0.3) is 0 Å². The largest absolute Gasteiger partial charge is 0.494 e. The molecule has 0 bridgehead atoms. The molecule has 14 heavy (non-hydrogen) atoms. The van der Waals surface area contributed by atoms with Crippen molar-refractivity contribution in [2.75, 3.05) is 0 Å². The Morgan fingerprint density at radius 1 is 1.07 bits per heavy atom. The third kappa shape index (κ3) is 1.13. The minimum atomic E-state index is 0.153. The van der Waals surface area contributed by atoms with Gasteiger partial charge < -0.3 is 10.2 Å². The van der Waals surface area contributed by atoms with Crippen LogP contribution in [0.5, 0.6) is 11.8 Å². The number of hydrogen-bond donors (Lipinski definition) is 2. The summed E-state index contributed by atoms with van der Waals surface area (Å²) >= 11 is 0. The molecule has 2 rings (SSSR count). The van der Waals surface area contributed by atoms with Gasteiger partial charge in [-0.2, -0.15) is 0 Å². The predicted octanol–water partition coefficient (Wildman–Crippen LogP) is 2.46. The van der Waals surface area contributed by atoms with Gasteiger partial charge in [-0.05, 0) is 18.6 Å². The first-order valence-corrected chi connectivity index (χ1v) is 4.75. The van der Waals surface area contributed by atoms with E-state index in [9.17, 15) is 10.2 Å². The van der Waals surface area contributed by atoms with Crippen molar-refractivity contribution in [2.45, 2.75) is 19.9 Å². The zero-order valence-corrected chi connectivity index (χ0v) is 8.07. The Hall–Kier alpha value is -1.64. The Balaban J connectivity index is 2.72. The molecule has 0 fully saturated rings. The molecule has 0 radical (unpaired) electrons. The fourth-order valence-corrected chi connectivity index (χ4v) is 1.70. The number of hydrogen-bond acceptors (Lipinski definition) is 2. The average Bonchev–Trinajstić information content (AvgIpc) is 2.45. The van der Waals surface area contributed by atoms with E-state index in [4.69, 9.17) is 0 Å². The van der Waals surface area contributed by atoms with Crippen molar-refractivity contribution in [3.63, 3.8) is 0 Å². The highest BCUT2D eigenvalue weighted by Crippen LogP contribution is 2.35. The first kappa shape index (κ1) is 8.94. The topological polar surface area (TPSA) is 45.4 Å². The first-order valence-electron chi connectivity index (χ1n) is 4.75. The van der Waals surface area contributed by atoms with Crippen LogP contribution in [0.2, 0.25) is 0 Å². The lowest BCUT2D eigenvalue weighted by Gasteiger charge is -2.03. The molecule has 2 aromatic rings. The molecule has 0 saturated carbocycles. The number of benzene rings is 1. The molecule has 1 heterocycles. The third-order valence-corrected chi connectivity index (χ3v) is 2.37. The Kier molecular flexibility index (Phi) is 2.08. The van der Waals surface area contributed by atoms with Crippen LogP contribution in [0.4, 0.5) is 0 Å². The van der Waals surface area contributed by atoms with Gasteiger partial charge >= 0.3 is 0 Å². The van der Waals surface area contributed by atoms with Crippen LogP contribution in [-0.4, -0.2) is 14.8 Å². The molecular weight excluding hydrogens is 178 g/mol. The highest BCUT2D eigenvalue weighted by Gasteiger charge is 2.13. The van der Waals surface area contributed by atoms with Gasteiger partial charge in [-0.25, -0.2) is 0 Å². The van der Waals surface area contributed by atoms with Gasteiger partial charge in [-0.1, -0.05) is 19.1 Å². The molecule has 74 valence electrons. The second-order valence-electron chi connectivity index (χ2n) is 3.34. The lowest BCUT2D eigenvalue weighted by Crippen LogP contribution is -1.94. The van der Waals surface area contributed by atoms with Crippen LogP contribution in [-0.2, 0) is 6.54 Å². The van der Waals surface area contributed by atoms with E-state index in [1.54, 1.807) is 12.1 Å². The van der Waals surface area contributed by atoms with Crippen molar-refractivity contribution in [1.29, 1.82) is 0 Å². The summed E-state index contributed by atoms with van der Waals surface area (Å²) in [5.41, 5.74) is 0. The molecule has 1 aromatic heterocycles. The molecular formula is C11H13NO2. The Morgan fingerprint density at radius 3 is 2.00 bits per heavy atom. The van der Waals surface area contributed by atoms with Crippen LogP contribution in [0.25, 0.3) is 10.8 Å². The van der Waals surface area contributed by atoms with Gasteiger partial charge in [0.1, 0.15) is 0 Å². The molecule has 0 saturated heterocycles. The van der Waals surface area contributed by atoms with Crippen LogP contribution in [0.15, 0.2) is 24.3 Å². The molecule has 0 aliphatic carbocycles. The van der Waals surface area contributed by atoms with Gasteiger partial charge in [-0.15, -0.1) is 0 Å². The normalized spacial score (nSPS) is 10.9. The molecule has 0 amide bonds. The zero-order valence-electron chi connectivity index (χ0n) is 8.07. The summed E-state index contributed by atoms with van der Waals surface area (Å²) in [5, 5.41) is 21.0. The SMILES string of the molecule is CCCn1c(O)c2ccccc2c1O. The van der Waals surface area contributed by atoms with Crippen LogP contribution in [0.1, 0.15) is 13.3 Å². The van der Waals surface area contributed by atoms with Crippen LogP contribution in [0.3, 0.4) is 0 Å². The maximum atomic E-state index is 9.80. The third-order valence-electron chi connectivity index (χ3n) is 2.37. The fourth-order valence-electron chi connectivity index (χ4n) is 1.70. The second-order valence-corrected chi connectivity index (χ2v) is 3.34. The van der Waals surface area contributed by atoms with Crippen molar-refractivity contribution >= 4 is 10.8 Å². The lowest BCUT2D eigenvalue weighted by atomic mass is 10.2. The molecule has 0 aliphatic rings. The van der Waals surface area contributed by atoms with Gasteiger partial charge in [0.15, 0.2) is 0 Å². The molecule has 0 unspecified atom stereocenters. The van der Waals surface area contributed by atoms with E-state index in [1.807, 2.05) is 19.1 Å². The standard InChI is InChI=1S/C11H13NO2/c1-2-7-12-10(13)8-5-3-4-6-9(8)11(12)14/h3-6,13-14H,2,7H2,1H3. The van der Waals surface area contributed by atoms with Crippen molar-refractivity contribution < 1.29 is 10.2 Å². The molecule has 0 aliphatic heterocycles.